The largest absolute Gasteiger partial charge is 0.497 e. The number of carbonyl (C=O) groups excluding carboxylic acids is 9. The Hall–Kier alpha value is -17.8. The molecule has 0 saturated heterocycles. The van der Waals surface area contributed by atoms with E-state index >= 15 is 0 Å². The van der Waals surface area contributed by atoms with E-state index in [1.807, 2.05) is 247 Å². The summed E-state index contributed by atoms with van der Waals surface area (Å²) in [6, 6.07) is 125. The van der Waals surface area contributed by atoms with Gasteiger partial charge in [-0.15, -0.1) is 0 Å². The zero-order chi connectivity index (χ0) is 98.7. The van der Waals surface area contributed by atoms with Crippen LogP contribution < -0.4 is 37.9 Å². The van der Waals surface area contributed by atoms with E-state index in [2.05, 4.69) is 0 Å². The van der Waals surface area contributed by atoms with Crippen LogP contribution in [0.1, 0.15) is 170 Å². The second-order valence-electron chi connectivity index (χ2n) is 32.2. The van der Waals surface area contributed by atoms with Gasteiger partial charge in [0.05, 0.1) is 21.3 Å². The van der Waals surface area contributed by atoms with E-state index in [0.717, 1.165) is 51.0 Å². The van der Waals surface area contributed by atoms with E-state index in [4.69, 9.17) is 37.9 Å². The Labute approximate surface area is 809 Å². The highest BCUT2D eigenvalue weighted by atomic mass is 16.5. The van der Waals surface area contributed by atoms with Crippen molar-refractivity contribution in [3.05, 3.63) is 530 Å². The van der Waals surface area contributed by atoms with E-state index in [9.17, 15) is 43.2 Å². The van der Waals surface area contributed by atoms with E-state index in [-0.39, 0.29) is 52.0 Å². The molecule has 0 fully saturated rings. The molecule has 692 valence electrons. The molecule has 0 atom stereocenters. The van der Waals surface area contributed by atoms with Crippen LogP contribution in [0.25, 0.3) is 0 Å². The monoisotopic (exact) mass is 1840 g/mol. The number of Topliss-reactive ketones (excluding diaryl/α,β-unsaturated/α-hetero) is 2. The average molecular weight is 1840 g/mol. The molecule has 17 aromatic rings. The fourth-order valence-corrected chi connectivity index (χ4v) is 13.5. The summed E-state index contributed by atoms with van der Waals surface area (Å²) in [5.41, 5.74) is 14.7. The second kappa shape index (κ2) is 49.8. The fraction of sp³-hybridized carbons (Fsp3) is 0.0902. The van der Waals surface area contributed by atoms with Crippen LogP contribution in [0.3, 0.4) is 0 Å². The molecule has 0 aliphatic rings. The van der Waals surface area contributed by atoms with Crippen LogP contribution in [0, 0.1) is 34.6 Å². The van der Waals surface area contributed by atoms with Crippen LogP contribution >= 0.6 is 0 Å². The first-order valence-corrected chi connectivity index (χ1v) is 44.5. The number of aryl methyl sites for hydroxylation is 5. The minimum absolute atomic E-state index is 0.00555. The summed E-state index contributed by atoms with van der Waals surface area (Å²) in [7, 11) is 4.84. The Morgan fingerprint density at radius 2 is 0.252 bits per heavy atom. The third-order valence-electron chi connectivity index (χ3n) is 21.3. The quantitative estimate of drug-likeness (QED) is 0.0415. The second-order valence-corrected chi connectivity index (χ2v) is 32.2. The maximum atomic E-state index is 13.0. The number of rotatable bonds is 28. The maximum Gasteiger partial charge on any atom is 0.193 e. The van der Waals surface area contributed by atoms with Crippen LogP contribution in [0.4, 0.5) is 0 Å². The van der Waals surface area contributed by atoms with Crippen LogP contribution in [0.5, 0.6) is 74.7 Å². The molecule has 139 heavy (non-hydrogen) atoms. The highest BCUT2D eigenvalue weighted by molar-refractivity contribution is 6.14. The lowest BCUT2D eigenvalue weighted by molar-refractivity contribution is -0.115. The van der Waals surface area contributed by atoms with Crippen molar-refractivity contribution in [2.24, 2.45) is 0 Å². The fourth-order valence-electron chi connectivity index (χ4n) is 13.5. The van der Waals surface area contributed by atoms with Gasteiger partial charge < -0.3 is 42.7 Å². The first-order valence-electron chi connectivity index (χ1n) is 44.5. The molecular formula is C122H102O17. The minimum atomic E-state index is -0.140. The summed E-state index contributed by atoms with van der Waals surface area (Å²) in [5.74, 6) is 8.77. The van der Waals surface area contributed by atoms with E-state index in [1.165, 1.54) is 26.3 Å². The maximum absolute atomic E-state index is 13.0. The van der Waals surface area contributed by atoms with E-state index < -0.39 is 0 Å². The lowest BCUT2D eigenvalue weighted by atomic mass is 9.98. The van der Waals surface area contributed by atoms with Gasteiger partial charge in [0.25, 0.3) is 0 Å². The topological polar surface area (TPSA) is 227 Å². The van der Waals surface area contributed by atoms with Crippen LogP contribution in [-0.4, -0.2) is 73.4 Å². The highest BCUT2D eigenvalue weighted by Gasteiger charge is 2.19. The molecule has 0 N–H and O–H groups in total. The van der Waals surface area contributed by atoms with Gasteiger partial charge in [0, 0.05) is 83.5 Å². The molecule has 0 heterocycles. The molecule has 0 radical (unpaired) electrons. The van der Waals surface area contributed by atoms with Gasteiger partial charge in [-0.05, 0) is 298 Å². The van der Waals surface area contributed by atoms with Gasteiger partial charge in [0.15, 0.2) is 46.3 Å². The molecule has 0 aromatic heterocycles. The van der Waals surface area contributed by atoms with Gasteiger partial charge >= 0.3 is 0 Å². The molecule has 17 nitrogen and oxygen atoms in total. The van der Waals surface area contributed by atoms with Crippen molar-refractivity contribution >= 4 is 52.0 Å². The zero-order valence-corrected chi connectivity index (χ0v) is 78.8. The van der Waals surface area contributed by atoms with Gasteiger partial charge in [-0.3, -0.25) is 38.4 Å². The number of benzene rings is 17. The van der Waals surface area contributed by atoms with Crippen LogP contribution in [-0.2, 0) is 4.79 Å². The third kappa shape index (κ3) is 30.1. The lowest BCUT2D eigenvalue weighted by Gasteiger charge is -2.09. The van der Waals surface area contributed by atoms with E-state index in [0.29, 0.717) is 129 Å². The number of hydrogen-bond acceptors (Lipinski definition) is 17. The number of methoxy groups -OCH3 is 3. The van der Waals surface area contributed by atoms with Gasteiger partial charge in [0.1, 0.15) is 80.5 Å². The van der Waals surface area contributed by atoms with Gasteiger partial charge in [-0.25, -0.2) is 0 Å². The molecule has 0 unspecified atom stereocenters. The zero-order valence-electron chi connectivity index (χ0n) is 78.8. The molecule has 0 aliphatic carbocycles. The predicted octanol–water partition coefficient (Wildman–Crippen LogP) is 28.4. The SMILES string of the molecule is CC(=O)c1ccc(C(=O)c2ccc(Oc3ccc(C(=O)c4ccc(Oc5ccc(C)cc5)cc4)cc3)cc2)cc1.CC(C)=O.COc1ccc(C(=O)c2ccc(C)cc2)cc1.COc1ccc(Oc2ccc(C(=O)c3ccc(C(=O)c4ccc(C)cc4)cc3)cc2)cc1.COc1ccc(Oc2ccc(C(=O)c3ccc(C)cc3)cc2)cc1.Cc1ccc(Oc2ccc(C(=O)c3ccccc3)cc2)cc1. The highest BCUT2D eigenvalue weighted by Crippen LogP contribution is 2.32. The van der Waals surface area contributed by atoms with Crippen molar-refractivity contribution in [2.75, 3.05) is 21.3 Å². The molecule has 0 spiro atoms. The van der Waals surface area contributed by atoms with E-state index in [1.54, 1.807) is 228 Å². The first-order chi connectivity index (χ1) is 67.2. The van der Waals surface area contributed by atoms with Crippen molar-refractivity contribution in [3.8, 4) is 74.7 Å². The molecule has 0 amide bonds. The van der Waals surface area contributed by atoms with Crippen LogP contribution in [0.15, 0.2) is 419 Å². The molecule has 0 bridgehead atoms. The van der Waals surface area contributed by atoms with Crippen molar-refractivity contribution in [1.29, 1.82) is 0 Å². The molecule has 0 aliphatic heterocycles. The molecule has 17 heteroatoms. The number of ketones is 9. The van der Waals surface area contributed by atoms with Gasteiger partial charge in [-0.2, -0.15) is 0 Å². The molecule has 17 aromatic carbocycles. The van der Waals surface area contributed by atoms with Crippen molar-refractivity contribution in [3.63, 3.8) is 0 Å². The molecule has 0 saturated carbocycles. The Bertz CT molecular complexity index is 6970. The Morgan fingerprint density at radius 3 is 0.410 bits per heavy atom. The van der Waals surface area contributed by atoms with Gasteiger partial charge in [-0.1, -0.05) is 204 Å². The Balaban J connectivity index is 0.000000158. The normalized spacial score (nSPS) is 10.2. The number of carbonyl (C=O) groups is 9. The van der Waals surface area contributed by atoms with Crippen molar-refractivity contribution in [1.82, 2.24) is 0 Å². The average Bonchev–Trinajstić information content (AvgIpc) is 0.827. The molecular weight excluding hydrogens is 1740 g/mol. The van der Waals surface area contributed by atoms with Gasteiger partial charge in [0.2, 0.25) is 0 Å². The van der Waals surface area contributed by atoms with Crippen LogP contribution in [0.2, 0.25) is 0 Å². The summed E-state index contributed by atoms with van der Waals surface area (Å²) in [5, 5.41) is 0. The smallest absolute Gasteiger partial charge is 0.193 e. The first kappa shape index (κ1) is 100. The Kier molecular flexibility index (Phi) is 35.9. The van der Waals surface area contributed by atoms with Crippen molar-refractivity contribution in [2.45, 2.75) is 55.4 Å². The summed E-state index contributed by atoms with van der Waals surface area (Å²) < 4.78 is 44.4. The number of hydrogen-bond donors (Lipinski definition) is 0. The summed E-state index contributed by atoms with van der Waals surface area (Å²) in [4.78, 5) is 109. The Morgan fingerprint density at radius 1 is 0.144 bits per heavy atom. The third-order valence-corrected chi connectivity index (χ3v) is 21.3. The van der Waals surface area contributed by atoms with Crippen molar-refractivity contribution < 1.29 is 81.0 Å². The lowest BCUT2D eigenvalue weighted by Crippen LogP contribution is -2.04. The summed E-state index contributed by atoms with van der Waals surface area (Å²) in [6.45, 7) is 14.6. The number of ether oxygens (including phenoxy) is 8. The summed E-state index contributed by atoms with van der Waals surface area (Å²) in [6.07, 6.45) is 0. The predicted molar refractivity (Wildman–Crippen MR) is 544 cm³/mol. The standard InChI is InChI=1S/C35H26O5.C28H22O4.C21H18O3.C20H16O2.C15H14O2.C3H6O/c1-23-3-15-30(16-4-23)39-31-17-11-28(12-18-31)35(38)29-13-21-33(22-14-29)40-32-19-9-27(10-20-32)34(37)26-7-5-25(6-8-26)24(2)36;1-19-3-5-20(6-4-19)27(29)21-7-9-22(10-8-21)28(30)23-11-13-25(14-12-23)32-26-17-15-24(31-2)16-18-26;1-15-3-5-16(6-4-15)21(22)17-7-9-19(10-8-17)24-20-13-11-18(23-2)12-14-20;1-15-7-11-18(12-8-15)22-19-13-9-17(10-14-19)20(21)16-5-3-2-4-6-16;1-11-3-5-12(6-4-11)15(16)13-7-9-14(17-2)10-8-13;1-3(2)4/h3-22H,1-2H3;3-18H,1-2H3;3-14H,1-2H3;2-14H,1H3;3-10H,1-2H3;1-2H3. The summed E-state index contributed by atoms with van der Waals surface area (Å²) >= 11 is 0. The molecule has 17 rings (SSSR count). The minimum Gasteiger partial charge on any atom is -0.497 e.